The Balaban J connectivity index is 1.52. The van der Waals surface area contributed by atoms with Gasteiger partial charge in [0.15, 0.2) is 16.8 Å². The molecule has 1 aliphatic rings. The van der Waals surface area contributed by atoms with Gasteiger partial charge in [-0.2, -0.15) is 0 Å². The van der Waals surface area contributed by atoms with Gasteiger partial charge in [0.25, 0.3) is 0 Å². The summed E-state index contributed by atoms with van der Waals surface area (Å²) in [7, 11) is 0. The van der Waals surface area contributed by atoms with Crippen LogP contribution in [-0.2, 0) is 0 Å². The summed E-state index contributed by atoms with van der Waals surface area (Å²) in [6, 6.07) is 12.7. The van der Waals surface area contributed by atoms with Gasteiger partial charge in [0.05, 0.1) is 10.2 Å². The quantitative estimate of drug-likeness (QED) is 0.710. The van der Waals surface area contributed by atoms with Crippen molar-refractivity contribution in [2.24, 2.45) is 0 Å². The predicted octanol–water partition coefficient (Wildman–Crippen LogP) is 3.90. The van der Waals surface area contributed by atoms with Gasteiger partial charge in [-0.05, 0) is 18.2 Å². The van der Waals surface area contributed by atoms with Crippen LogP contribution < -0.4 is 9.80 Å². The second-order valence-electron chi connectivity index (χ2n) is 5.54. The average Bonchev–Trinajstić information content (AvgIpc) is 2.99. The van der Waals surface area contributed by atoms with Crippen LogP contribution in [0.4, 0.5) is 19.6 Å². The van der Waals surface area contributed by atoms with E-state index in [9.17, 15) is 8.78 Å². The molecule has 2 heterocycles. The Bertz CT molecular complexity index is 787. The molecular formula is C17H15F2N3S. The van der Waals surface area contributed by atoms with Gasteiger partial charge in [-0.15, -0.1) is 0 Å². The van der Waals surface area contributed by atoms with E-state index in [-0.39, 0.29) is 0 Å². The highest BCUT2D eigenvalue weighted by Crippen LogP contribution is 2.31. The van der Waals surface area contributed by atoms with E-state index in [0.717, 1.165) is 31.3 Å². The summed E-state index contributed by atoms with van der Waals surface area (Å²) in [6.07, 6.45) is 0. The first-order valence-electron chi connectivity index (χ1n) is 7.51. The molecule has 0 radical (unpaired) electrons. The molecule has 2 aromatic carbocycles. The highest BCUT2D eigenvalue weighted by Gasteiger charge is 2.20. The molecule has 0 N–H and O–H groups in total. The molecule has 118 valence electrons. The lowest BCUT2D eigenvalue weighted by Gasteiger charge is -2.35. The van der Waals surface area contributed by atoms with E-state index in [2.05, 4.69) is 26.9 Å². The van der Waals surface area contributed by atoms with E-state index >= 15 is 0 Å². The van der Waals surface area contributed by atoms with Gasteiger partial charge >= 0.3 is 0 Å². The first kappa shape index (κ1) is 14.4. The molecule has 0 spiro atoms. The molecule has 23 heavy (non-hydrogen) atoms. The second kappa shape index (κ2) is 5.77. The summed E-state index contributed by atoms with van der Waals surface area (Å²) >= 11 is 1.41. The van der Waals surface area contributed by atoms with Crippen molar-refractivity contribution in [3.05, 3.63) is 54.1 Å². The van der Waals surface area contributed by atoms with Crippen molar-refractivity contribution in [3.8, 4) is 0 Å². The number of fused-ring (bicyclic) bond motifs is 1. The molecule has 0 saturated carbocycles. The lowest BCUT2D eigenvalue weighted by atomic mass is 10.2. The topological polar surface area (TPSA) is 19.4 Å². The second-order valence-corrected chi connectivity index (χ2v) is 6.55. The molecule has 3 nitrogen and oxygen atoms in total. The number of para-hydroxylation sites is 1. The minimum absolute atomic E-state index is 0.523. The Morgan fingerprint density at radius 1 is 0.870 bits per heavy atom. The molecule has 1 aromatic heterocycles. The zero-order chi connectivity index (χ0) is 15.8. The third kappa shape index (κ3) is 2.74. The van der Waals surface area contributed by atoms with Crippen molar-refractivity contribution in [1.82, 2.24) is 4.98 Å². The van der Waals surface area contributed by atoms with Gasteiger partial charge in [-0.25, -0.2) is 13.8 Å². The average molecular weight is 331 g/mol. The maximum absolute atomic E-state index is 13.3. The molecule has 3 aromatic rings. The van der Waals surface area contributed by atoms with Crippen LogP contribution in [0.5, 0.6) is 0 Å². The first-order chi connectivity index (χ1) is 11.2. The van der Waals surface area contributed by atoms with E-state index < -0.39 is 11.6 Å². The van der Waals surface area contributed by atoms with Crippen LogP contribution in [0.25, 0.3) is 10.2 Å². The van der Waals surface area contributed by atoms with Crippen molar-refractivity contribution in [2.75, 3.05) is 36.0 Å². The Morgan fingerprint density at radius 3 is 2.26 bits per heavy atom. The monoisotopic (exact) mass is 331 g/mol. The van der Waals surface area contributed by atoms with Crippen LogP contribution in [0.15, 0.2) is 42.5 Å². The van der Waals surface area contributed by atoms with E-state index in [1.807, 2.05) is 18.2 Å². The zero-order valence-corrected chi connectivity index (χ0v) is 13.2. The number of hydrogen-bond acceptors (Lipinski definition) is 4. The number of nitrogens with zero attached hydrogens (tertiary/aromatic N) is 3. The molecule has 1 aliphatic heterocycles. The molecule has 0 aliphatic carbocycles. The number of rotatable bonds is 2. The number of piperazine rings is 1. The summed E-state index contributed by atoms with van der Waals surface area (Å²) < 4.78 is 27.3. The van der Waals surface area contributed by atoms with Crippen LogP contribution in [0.3, 0.4) is 0 Å². The number of halogens is 2. The van der Waals surface area contributed by atoms with E-state index in [0.29, 0.717) is 10.2 Å². The zero-order valence-electron chi connectivity index (χ0n) is 12.4. The smallest absolute Gasteiger partial charge is 0.186 e. The third-order valence-corrected chi connectivity index (χ3v) is 5.17. The van der Waals surface area contributed by atoms with Gasteiger partial charge in [-0.1, -0.05) is 29.5 Å². The normalized spacial score (nSPS) is 15.4. The minimum atomic E-state index is -0.844. The molecule has 1 fully saturated rings. The van der Waals surface area contributed by atoms with Gasteiger partial charge < -0.3 is 9.80 Å². The maximum atomic E-state index is 13.3. The van der Waals surface area contributed by atoms with Crippen molar-refractivity contribution in [3.63, 3.8) is 0 Å². The van der Waals surface area contributed by atoms with Crippen molar-refractivity contribution >= 4 is 32.4 Å². The molecule has 1 saturated heterocycles. The number of thiazole rings is 1. The van der Waals surface area contributed by atoms with Crippen molar-refractivity contribution in [2.45, 2.75) is 0 Å². The lowest BCUT2D eigenvalue weighted by molar-refractivity contribution is 0.511. The van der Waals surface area contributed by atoms with Crippen LogP contribution in [0.2, 0.25) is 0 Å². The van der Waals surface area contributed by atoms with Gasteiger partial charge in [0.2, 0.25) is 0 Å². The fraction of sp³-hybridized carbons (Fsp3) is 0.235. The molecule has 0 amide bonds. The fourth-order valence-electron chi connectivity index (χ4n) is 2.84. The summed E-state index contributed by atoms with van der Waals surface area (Å²) in [5, 5.41) is 0.831. The fourth-order valence-corrected chi connectivity index (χ4v) is 3.87. The molecule has 0 bridgehead atoms. The van der Waals surface area contributed by atoms with Crippen molar-refractivity contribution in [1.29, 1.82) is 0 Å². The molecule has 4 rings (SSSR count). The molecular weight excluding hydrogens is 316 g/mol. The Kier molecular flexibility index (Phi) is 3.61. The van der Waals surface area contributed by atoms with Crippen molar-refractivity contribution < 1.29 is 8.78 Å². The standard InChI is InChI=1S/C17H15F2N3S/c18-13-10-15-16(11-14(13)19)23-17(20-15)22-8-6-21(7-9-22)12-4-2-1-3-5-12/h1-5,10-11H,6-9H2. The molecule has 0 atom stereocenters. The highest BCUT2D eigenvalue weighted by atomic mass is 32.1. The first-order valence-corrected chi connectivity index (χ1v) is 8.33. The molecule has 6 heteroatoms. The highest BCUT2D eigenvalue weighted by molar-refractivity contribution is 7.22. The molecule has 0 unspecified atom stereocenters. The van der Waals surface area contributed by atoms with Gasteiger partial charge in [0, 0.05) is 37.9 Å². The summed E-state index contributed by atoms with van der Waals surface area (Å²) in [5.41, 5.74) is 1.75. The predicted molar refractivity (Wildman–Crippen MR) is 90.4 cm³/mol. The van der Waals surface area contributed by atoms with Crippen LogP contribution in [-0.4, -0.2) is 31.2 Å². The lowest BCUT2D eigenvalue weighted by Crippen LogP contribution is -2.46. The van der Waals surface area contributed by atoms with Gasteiger partial charge in [-0.3, -0.25) is 0 Å². The van der Waals surface area contributed by atoms with Crippen LogP contribution in [0.1, 0.15) is 0 Å². The Morgan fingerprint density at radius 2 is 1.52 bits per heavy atom. The number of hydrogen-bond donors (Lipinski definition) is 0. The summed E-state index contributed by atoms with van der Waals surface area (Å²) in [5.74, 6) is -1.66. The Labute approximate surface area is 136 Å². The third-order valence-electron chi connectivity index (χ3n) is 4.09. The van der Waals surface area contributed by atoms with E-state index in [1.165, 1.54) is 29.2 Å². The van der Waals surface area contributed by atoms with Crippen LogP contribution >= 0.6 is 11.3 Å². The van der Waals surface area contributed by atoms with E-state index in [4.69, 9.17) is 0 Å². The SMILES string of the molecule is Fc1cc2nc(N3CCN(c4ccccc4)CC3)sc2cc1F. The van der Waals surface area contributed by atoms with Crippen LogP contribution in [0, 0.1) is 11.6 Å². The minimum Gasteiger partial charge on any atom is -0.368 e. The number of benzene rings is 2. The van der Waals surface area contributed by atoms with Gasteiger partial charge in [0.1, 0.15) is 0 Å². The maximum Gasteiger partial charge on any atom is 0.186 e. The Hall–Kier alpha value is -2.21. The summed E-state index contributed by atoms with van der Waals surface area (Å²) in [6.45, 7) is 3.50. The largest absolute Gasteiger partial charge is 0.368 e. The number of aromatic nitrogens is 1. The summed E-state index contributed by atoms with van der Waals surface area (Å²) in [4.78, 5) is 8.97. The number of anilines is 2. The van der Waals surface area contributed by atoms with E-state index in [1.54, 1.807) is 0 Å².